The Hall–Kier alpha value is -1.34. The Labute approximate surface area is 90.8 Å². The minimum absolute atomic E-state index is 0.0786. The van der Waals surface area contributed by atoms with E-state index in [2.05, 4.69) is 37.3 Å². The predicted molar refractivity (Wildman–Crippen MR) is 62.6 cm³/mol. The summed E-state index contributed by atoms with van der Waals surface area (Å²) in [6, 6.07) is 10.3. The third-order valence-corrected chi connectivity index (χ3v) is 3.26. The maximum Gasteiger partial charge on any atom is 0.0505 e. The van der Waals surface area contributed by atoms with Crippen molar-refractivity contribution in [3.63, 3.8) is 0 Å². The van der Waals surface area contributed by atoms with Crippen molar-refractivity contribution in [3.8, 4) is 0 Å². The highest BCUT2D eigenvalue weighted by molar-refractivity contribution is 5.36. The van der Waals surface area contributed by atoms with Crippen molar-refractivity contribution in [2.24, 2.45) is 5.92 Å². The lowest BCUT2D eigenvalue weighted by atomic mass is 9.70. The SMILES string of the molecule is CC1(c2ccccc2)C=CC=CC1CO. The number of hydrogen-bond donors (Lipinski definition) is 1. The summed E-state index contributed by atoms with van der Waals surface area (Å²) in [5, 5.41) is 9.40. The van der Waals surface area contributed by atoms with Crippen LogP contribution in [0, 0.1) is 5.92 Å². The van der Waals surface area contributed by atoms with Gasteiger partial charge in [0.2, 0.25) is 0 Å². The van der Waals surface area contributed by atoms with E-state index in [1.807, 2.05) is 24.3 Å². The zero-order chi connectivity index (χ0) is 10.7. The van der Waals surface area contributed by atoms with Gasteiger partial charge in [0.15, 0.2) is 0 Å². The van der Waals surface area contributed by atoms with Crippen molar-refractivity contribution in [1.29, 1.82) is 0 Å². The zero-order valence-corrected chi connectivity index (χ0v) is 8.93. The fourth-order valence-corrected chi connectivity index (χ4v) is 2.14. The van der Waals surface area contributed by atoms with Gasteiger partial charge in [-0.3, -0.25) is 0 Å². The van der Waals surface area contributed by atoms with E-state index in [4.69, 9.17) is 0 Å². The Morgan fingerprint density at radius 3 is 2.60 bits per heavy atom. The van der Waals surface area contributed by atoms with Crippen LogP contribution in [0.1, 0.15) is 12.5 Å². The molecule has 0 amide bonds. The smallest absolute Gasteiger partial charge is 0.0505 e. The first-order valence-electron chi connectivity index (χ1n) is 5.30. The van der Waals surface area contributed by atoms with Crippen LogP contribution in [0.4, 0.5) is 0 Å². The van der Waals surface area contributed by atoms with Gasteiger partial charge in [-0.25, -0.2) is 0 Å². The molecule has 1 N–H and O–H groups in total. The monoisotopic (exact) mass is 200 g/mol. The molecule has 0 saturated heterocycles. The number of aliphatic hydroxyl groups excluding tert-OH is 1. The summed E-state index contributed by atoms with van der Waals surface area (Å²) < 4.78 is 0. The molecule has 0 radical (unpaired) electrons. The van der Waals surface area contributed by atoms with Gasteiger partial charge in [-0.2, -0.15) is 0 Å². The summed E-state index contributed by atoms with van der Waals surface area (Å²) in [5.74, 6) is 0.171. The van der Waals surface area contributed by atoms with Crippen molar-refractivity contribution >= 4 is 0 Å². The van der Waals surface area contributed by atoms with E-state index in [0.717, 1.165) is 0 Å². The van der Waals surface area contributed by atoms with Crippen LogP contribution in [0.25, 0.3) is 0 Å². The topological polar surface area (TPSA) is 20.2 Å². The molecule has 2 unspecified atom stereocenters. The molecule has 2 rings (SSSR count). The minimum atomic E-state index is -0.0786. The third kappa shape index (κ3) is 1.75. The van der Waals surface area contributed by atoms with Crippen LogP contribution >= 0.6 is 0 Å². The van der Waals surface area contributed by atoms with Crippen LogP contribution in [0.5, 0.6) is 0 Å². The Balaban J connectivity index is 2.41. The second kappa shape index (κ2) is 4.03. The molecule has 0 aliphatic heterocycles. The number of benzene rings is 1. The molecule has 1 nitrogen and oxygen atoms in total. The van der Waals surface area contributed by atoms with Gasteiger partial charge in [-0.05, 0) is 5.56 Å². The summed E-state index contributed by atoms with van der Waals surface area (Å²) in [6.07, 6.45) is 8.31. The second-order valence-corrected chi connectivity index (χ2v) is 4.18. The Bertz CT molecular complexity index is 378. The fraction of sp³-hybridized carbons (Fsp3) is 0.286. The lowest BCUT2D eigenvalue weighted by molar-refractivity contribution is 0.212. The molecule has 0 spiro atoms. The highest BCUT2D eigenvalue weighted by atomic mass is 16.3. The van der Waals surface area contributed by atoms with Crippen molar-refractivity contribution < 1.29 is 5.11 Å². The van der Waals surface area contributed by atoms with E-state index in [9.17, 15) is 5.11 Å². The summed E-state index contributed by atoms with van der Waals surface area (Å²) in [7, 11) is 0. The maximum absolute atomic E-state index is 9.40. The molecule has 0 aromatic heterocycles. The van der Waals surface area contributed by atoms with E-state index in [1.165, 1.54) is 5.56 Å². The molecule has 2 atom stereocenters. The Morgan fingerprint density at radius 1 is 1.20 bits per heavy atom. The molecule has 1 aromatic carbocycles. The van der Waals surface area contributed by atoms with Gasteiger partial charge >= 0.3 is 0 Å². The molecular formula is C14H16O. The van der Waals surface area contributed by atoms with Gasteiger partial charge < -0.3 is 5.11 Å². The molecule has 1 aliphatic rings. The summed E-state index contributed by atoms with van der Waals surface area (Å²) in [6.45, 7) is 2.36. The molecule has 15 heavy (non-hydrogen) atoms. The molecule has 0 bridgehead atoms. The van der Waals surface area contributed by atoms with E-state index < -0.39 is 0 Å². The minimum Gasteiger partial charge on any atom is -0.396 e. The predicted octanol–water partition coefficient (Wildman–Crippen LogP) is 2.68. The van der Waals surface area contributed by atoms with E-state index in [-0.39, 0.29) is 17.9 Å². The maximum atomic E-state index is 9.40. The number of aliphatic hydroxyl groups is 1. The van der Waals surface area contributed by atoms with E-state index in [1.54, 1.807) is 0 Å². The van der Waals surface area contributed by atoms with Crippen molar-refractivity contribution in [2.45, 2.75) is 12.3 Å². The van der Waals surface area contributed by atoms with Gasteiger partial charge in [0.25, 0.3) is 0 Å². The summed E-state index contributed by atoms with van der Waals surface area (Å²) in [5.41, 5.74) is 1.18. The second-order valence-electron chi connectivity index (χ2n) is 4.18. The Kier molecular flexibility index (Phi) is 2.74. The van der Waals surface area contributed by atoms with Gasteiger partial charge in [0.1, 0.15) is 0 Å². The first-order valence-corrected chi connectivity index (χ1v) is 5.30. The van der Waals surface area contributed by atoms with Crippen LogP contribution < -0.4 is 0 Å². The van der Waals surface area contributed by atoms with Crippen LogP contribution in [0.2, 0.25) is 0 Å². The van der Waals surface area contributed by atoms with Gasteiger partial charge in [-0.15, -0.1) is 0 Å². The molecule has 0 fully saturated rings. The molecule has 78 valence electrons. The van der Waals surface area contributed by atoms with Crippen LogP contribution in [0.3, 0.4) is 0 Å². The van der Waals surface area contributed by atoms with E-state index in [0.29, 0.717) is 0 Å². The lowest BCUT2D eigenvalue weighted by Gasteiger charge is -2.34. The largest absolute Gasteiger partial charge is 0.396 e. The summed E-state index contributed by atoms with van der Waals surface area (Å²) >= 11 is 0. The first-order chi connectivity index (χ1) is 7.27. The fourth-order valence-electron chi connectivity index (χ4n) is 2.14. The van der Waals surface area contributed by atoms with Crippen LogP contribution in [-0.4, -0.2) is 11.7 Å². The van der Waals surface area contributed by atoms with Crippen molar-refractivity contribution in [2.75, 3.05) is 6.61 Å². The first kappa shape index (κ1) is 10.2. The third-order valence-electron chi connectivity index (χ3n) is 3.26. The summed E-state index contributed by atoms with van der Waals surface area (Å²) in [4.78, 5) is 0. The molecular weight excluding hydrogens is 184 g/mol. The molecule has 1 heteroatoms. The van der Waals surface area contributed by atoms with Crippen molar-refractivity contribution in [3.05, 3.63) is 60.2 Å². The average molecular weight is 200 g/mol. The van der Waals surface area contributed by atoms with Gasteiger partial charge in [-0.1, -0.05) is 61.6 Å². The number of hydrogen-bond acceptors (Lipinski definition) is 1. The zero-order valence-electron chi connectivity index (χ0n) is 8.93. The molecule has 1 aliphatic carbocycles. The standard InChI is InChI=1S/C14H16O/c1-14(12-7-3-2-4-8-12)10-6-5-9-13(14)11-15/h2-10,13,15H,11H2,1H3. The van der Waals surface area contributed by atoms with E-state index >= 15 is 0 Å². The molecule has 0 saturated carbocycles. The van der Waals surface area contributed by atoms with Crippen LogP contribution in [0.15, 0.2) is 54.6 Å². The van der Waals surface area contributed by atoms with Crippen molar-refractivity contribution in [1.82, 2.24) is 0 Å². The molecule has 1 aromatic rings. The normalized spacial score (nSPS) is 29.3. The average Bonchev–Trinajstić information content (AvgIpc) is 2.31. The van der Waals surface area contributed by atoms with Gasteiger partial charge in [0, 0.05) is 11.3 Å². The number of allylic oxidation sites excluding steroid dienone is 3. The molecule has 0 heterocycles. The highest BCUT2D eigenvalue weighted by Crippen LogP contribution is 2.36. The number of rotatable bonds is 2. The van der Waals surface area contributed by atoms with Gasteiger partial charge in [0.05, 0.1) is 6.61 Å². The highest BCUT2D eigenvalue weighted by Gasteiger charge is 2.32. The van der Waals surface area contributed by atoms with Crippen LogP contribution in [-0.2, 0) is 5.41 Å². The Morgan fingerprint density at radius 2 is 1.93 bits per heavy atom. The lowest BCUT2D eigenvalue weighted by Crippen LogP contribution is -2.32. The quantitative estimate of drug-likeness (QED) is 0.778.